The van der Waals surface area contributed by atoms with Crippen LogP contribution in [-0.4, -0.2) is 23.7 Å². The highest BCUT2D eigenvalue weighted by molar-refractivity contribution is 6.30. The first-order valence-corrected chi connectivity index (χ1v) is 14.7. The van der Waals surface area contributed by atoms with E-state index in [2.05, 4.69) is 66.0 Å². The number of ether oxygens (including phenoxy) is 1. The van der Waals surface area contributed by atoms with Crippen LogP contribution in [0.15, 0.2) is 107 Å². The maximum atomic E-state index is 13.3. The smallest absolute Gasteiger partial charge is 0.336 e. The second kappa shape index (κ2) is 14.7. The number of halogens is 1. The molecule has 0 aliphatic carbocycles. The van der Waals surface area contributed by atoms with E-state index in [-0.39, 0.29) is 5.57 Å². The number of rotatable bonds is 13. The van der Waals surface area contributed by atoms with Gasteiger partial charge in [0, 0.05) is 22.3 Å². The first-order chi connectivity index (χ1) is 19.9. The molecule has 0 amide bonds. The van der Waals surface area contributed by atoms with Crippen LogP contribution in [0.4, 0.5) is 0 Å². The van der Waals surface area contributed by atoms with Crippen molar-refractivity contribution in [2.45, 2.75) is 64.2 Å². The first-order valence-electron chi connectivity index (χ1n) is 14.3. The van der Waals surface area contributed by atoms with Crippen LogP contribution in [0.25, 0.3) is 0 Å². The minimum Gasteiger partial charge on any atom is -0.478 e. The molecule has 6 heteroatoms. The number of unbranched alkanes of at least 4 members (excludes halogenated alkanes) is 4. The molecule has 1 aliphatic heterocycles. The Bertz CT molecular complexity index is 1360. The maximum Gasteiger partial charge on any atom is 0.336 e. The molecule has 0 aromatic heterocycles. The number of dihydropyridines is 1. The van der Waals surface area contributed by atoms with Crippen molar-refractivity contribution in [3.05, 3.63) is 129 Å². The molecule has 0 saturated carbocycles. The number of aliphatic carboxylic acids is 1. The van der Waals surface area contributed by atoms with Gasteiger partial charge in [0.15, 0.2) is 0 Å². The summed E-state index contributed by atoms with van der Waals surface area (Å²) < 4.78 is 5.67. The third-order valence-corrected chi connectivity index (χ3v) is 7.90. The second-order valence-corrected chi connectivity index (χ2v) is 11.0. The molecule has 1 aliphatic rings. The summed E-state index contributed by atoms with van der Waals surface area (Å²) in [6.07, 6.45) is 6.11. The van der Waals surface area contributed by atoms with Gasteiger partial charge in [-0.3, -0.25) is 0 Å². The topological polar surface area (TPSA) is 75.6 Å². The maximum absolute atomic E-state index is 13.3. The van der Waals surface area contributed by atoms with Gasteiger partial charge in [-0.25, -0.2) is 9.59 Å². The van der Waals surface area contributed by atoms with Gasteiger partial charge < -0.3 is 15.2 Å². The van der Waals surface area contributed by atoms with E-state index in [1.54, 1.807) is 38.1 Å². The summed E-state index contributed by atoms with van der Waals surface area (Å²) in [5.41, 5.74) is 4.86. The summed E-state index contributed by atoms with van der Waals surface area (Å²) in [6, 6.07) is 28.3. The van der Waals surface area contributed by atoms with E-state index < -0.39 is 17.9 Å². The van der Waals surface area contributed by atoms with Gasteiger partial charge in [0.25, 0.3) is 0 Å². The lowest BCUT2D eigenvalue weighted by molar-refractivity contribution is -0.139. The summed E-state index contributed by atoms with van der Waals surface area (Å²) >= 11 is 6.21. The van der Waals surface area contributed by atoms with Crippen LogP contribution >= 0.6 is 11.6 Å². The number of hydrogen-bond acceptors (Lipinski definition) is 4. The van der Waals surface area contributed by atoms with Gasteiger partial charge in [0.05, 0.1) is 23.7 Å². The lowest BCUT2D eigenvalue weighted by atomic mass is 9.80. The highest BCUT2D eigenvalue weighted by atomic mass is 35.5. The van der Waals surface area contributed by atoms with Crippen molar-refractivity contribution in [1.29, 1.82) is 0 Å². The largest absolute Gasteiger partial charge is 0.478 e. The summed E-state index contributed by atoms with van der Waals surface area (Å²) in [5.74, 6) is -1.96. The number of nitrogens with one attached hydrogen (secondary N) is 1. The molecule has 214 valence electrons. The van der Waals surface area contributed by atoms with Crippen molar-refractivity contribution in [3.8, 4) is 0 Å². The van der Waals surface area contributed by atoms with Gasteiger partial charge >= 0.3 is 11.9 Å². The molecule has 0 spiro atoms. The van der Waals surface area contributed by atoms with Gasteiger partial charge in [0.2, 0.25) is 0 Å². The number of esters is 1. The molecule has 41 heavy (non-hydrogen) atoms. The van der Waals surface area contributed by atoms with E-state index in [0.29, 0.717) is 40.1 Å². The normalized spacial score (nSPS) is 15.2. The van der Waals surface area contributed by atoms with Crippen molar-refractivity contribution in [3.63, 3.8) is 0 Å². The molecule has 1 heterocycles. The predicted octanol–water partition coefficient (Wildman–Crippen LogP) is 8.38. The van der Waals surface area contributed by atoms with Crippen LogP contribution in [0.5, 0.6) is 0 Å². The molecule has 0 radical (unpaired) electrons. The van der Waals surface area contributed by atoms with E-state index >= 15 is 0 Å². The van der Waals surface area contributed by atoms with Crippen LogP contribution in [0.3, 0.4) is 0 Å². The second-order valence-electron chi connectivity index (χ2n) is 10.6. The summed E-state index contributed by atoms with van der Waals surface area (Å²) in [5, 5.41) is 13.5. The zero-order chi connectivity index (χ0) is 29.2. The summed E-state index contributed by atoms with van der Waals surface area (Å²) in [7, 11) is 0. The van der Waals surface area contributed by atoms with Crippen LogP contribution in [0.1, 0.15) is 80.9 Å². The Morgan fingerprint density at radius 1 is 0.805 bits per heavy atom. The fourth-order valence-corrected chi connectivity index (χ4v) is 5.89. The Labute approximate surface area is 247 Å². The Hall–Kier alpha value is -3.83. The fourth-order valence-electron chi connectivity index (χ4n) is 5.69. The molecule has 0 fully saturated rings. The van der Waals surface area contributed by atoms with E-state index in [1.165, 1.54) is 11.1 Å². The molecule has 3 aromatic carbocycles. The third kappa shape index (κ3) is 7.89. The minimum absolute atomic E-state index is 0.120. The van der Waals surface area contributed by atoms with Crippen LogP contribution in [-0.2, 0) is 14.3 Å². The molecule has 4 rings (SSSR count). The van der Waals surface area contributed by atoms with Gasteiger partial charge in [-0.1, -0.05) is 110 Å². The zero-order valence-electron chi connectivity index (χ0n) is 23.7. The molecular weight excluding hydrogens is 534 g/mol. The van der Waals surface area contributed by atoms with Crippen LogP contribution < -0.4 is 5.32 Å². The zero-order valence-corrected chi connectivity index (χ0v) is 24.5. The number of carboxylic acid groups (broad SMARTS) is 1. The van der Waals surface area contributed by atoms with Crippen molar-refractivity contribution >= 4 is 23.5 Å². The predicted molar refractivity (Wildman–Crippen MR) is 164 cm³/mol. The first kappa shape index (κ1) is 30.1. The molecule has 0 saturated heterocycles. The van der Waals surface area contributed by atoms with E-state index in [1.807, 2.05) is 0 Å². The lowest BCUT2D eigenvalue weighted by Crippen LogP contribution is -2.31. The van der Waals surface area contributed by atoms with Crippen molar-refractivity contribution in [2.75, 3.05) is 6.61 Å². The van der Waals surface area contributed by atoms with Crippen LogP contribution in [0.2, 0.25) is 5.02 Å². The summed E-state index contributed by atoms with van der Waals surface area (Å²) in [6.45, 7) is 3.77. The standard InChI is InChI=1S/C35H38ClNO4/c1-24-31(34(38)39)33(28-19-14-20-29(36)23-28)32(25(2)37-24)35(40)41-22-13-5-3-4-12-21-30(26-15-8-6-9-16-26)27-17-10-7-11-18-27/h6-11,14-20,23,30,33,37H,3-5,12-13,21-22H2,1-2H3,(H,38,39). The SMILES string of the molecule is CC1=C(C(=O)O)C(c2cccc(Cl)c2)C(C(=O)OCCCCCCCC(c2ccccc2)c2ccccc2)=C(C)N1. The van der Waals surface area contributed by atoms with E-state index in [9.17, 15) is 14.7 Å². The fraction of sp³-hybridized carbons (Fsp3) is 0.314. The van der Waals surface area contributed by atoms with Gasteiger partial charge in [-0.05, 0) is 55.5 Å². The molecule has 3 aromatic rings. The third-order valence-electron chi connectivity index (χ3n) is 7.67. The number of carbonyl (C=O) groups is 2. The molecule has 5 nitrogen and oxygen atoms in total. The Kier molecular flexibility index (Phi) is 10.8. The molecular formula is C35H38ClNO4. The number of allylic oxidation sites excluding steroid dienone is 2. The molecule has 0 bridgehead atoms. The van der Waals surface area contributed by atoms with Crippen molar-refractivity contribution in [2.24, 2.45) is 0 Å². The Morgan fingerprint density at radius 2 is 1.39 bits per heavy atom. The van der Waals surface area contributed by atoms with Crippen LogP contribution in [0, 0.1) is 0 Å². The van der Waals surface area contributed by atoms with Crippen molar-refractivity contribution in [1.82, 2.24) is 5.32 Å². The average molecular weight is 572 g/mol. The average Bonchev–Trinajstić information content (AvgIpc) is 2.96. The highest BCUT2D eigenvalue weighted by Gasteiger charge is 2.37. The number of carbonyl (C=O) groups excluding carboxylic acids is 1. The Balaban J connectivity index is 1.28. The number of carboxylic acids is 1. The quantitative estimate of drug-likeness (QED) is 0.159. The van der Waals surface area contributed by atoms with Gasteiger partial charge in [0.1, 0.15) is 0 Å². The van der Waals surface area contributed by atoms with Crippen molar-refractivity contribution < 1.29 is 19.4 Å². The molecule has 1 unspecified atom stereocenters. The molecule has 1 atom stereocenters. The lowest BCUT2D eigenvalue weighted by Gasteiger charge is -2.29. The van der Waals surface area contributed by atoms with E-state index in [0.717, 1.165) is 38.5 Å². The van der Waals surface area contributed by atoms with Gasteiger partial charge in [-0.15, -0.1) is 0 Å². The number of benzene rings is 3. The number of hydrogen-bond donors (Lipinski definition) is 2. The summed E-state index contributed by atoms with van der Waals surface area (Å²) in [4.78, 5) is 25.5. The highest BCUT2D eigenvalue weighted by Crippen LogP contribution is 2.39. The molecule has 2 N–H and O–H groups in total. The monoisotopic (exact) mass is 571 g/mol. The van der Waals surface area contributed by atoms with Gasteiger partial charge in [-0.2, -0.15) is 0 Å². The van der Waals surface area contributed by atoms with E-state index in [4.69, 9.17) is 16.3 Å². The Morgan fingerprint density at radius 3 is 2.00 bits per heavy atom. The minimum atomic E-state index is -1.08.